The predicted molar refractivity (Wildman–Crippen MR) is 121 cm³/mol. The molecule has 2 amide bonds. The van der Waals surface area contributed by atoms with Gasteiger partial charge in [-0.25, -0.2) is 4.79 Å². The van der Waals surface area contributed by atoms with Gasteiger partial charge in [-0.3, -0.25) is 14.6 Å². The van der Waals surface area contributed by atoms with Gasteiger partial charge in [0.15, 0.2) is 0 Å². The van der Waals surface area contributed by atoms with E-state index in [-0.39, 0.29) is 22.6 Å². The van der Waals surface area contributed by atoms with Gasteiger partial charge in [0.1, 0.15) is 5.00 Å². The molecule has 0 bridgehead atoms. The number of hydrogen-bond acceptors (Lipinski definition) is 6. The standard InChI is InChI=1S/C23H23N3O4S/c1-13(2)30-23(29)18-15(4)19(21(28)25-17-8-6-5-7-14(17)3)31-22(18)26-20(27)16-9-11-24-12-10-16/h5-13H,1-4H3,(H,25,28)(H,26,27). The Kier molecular flexibility index (Phi) is 6.81. The molecule has 8 heteroatoms. The third kappa shape index (κ3) is 5.16. The number of rotatable bonds is 6. The van der Waals surface area contributed by atoms with Gasteiger partial charge in [0.05, 0.1) is 16.5 Å². The molecule has 7 nitrogen and oxygen atoms in total. The Balaban J connectivity index is 1.97. The van der Waals surface area contributed by atoms with Crippen molar-refractivity contribution in [2.24, 2.45) is 0 Å². The summed E-state index contributed by atoms with van der Waals surface area (Å²) in [7, 11) is 0. The number of esters is 1. The van der Waals surface area contributed by atoms with E-state index in [1.165, 1.54) is 12.4 Å². The third-order valence-electron chi connectivity index (χ3n) is 4.46. The number of ether oxygens (including phenoxy) is 1. The lowest BCUT2D eigenvalue weighted by Gasteiger charge is -2.10. The van der Waals surface area contributed by atoms with Gasteiger partial charge in [0.2, 0.25) is 0 Å². The molecule has 31 heavy (non-hydrogen) atoms. The molecule has 0 aliphatic heterocycles. The third-order valence-corrected chi connectivity index (χ3v) is 5.67. The van der Waals surface area contributed by atoms with Gasteiger partial charge in [0.25, 0.3) is 11.8 Å². The van der Waals surface area contributed by atoms with Crippen molar-refractivity contribution in [1.29, 1.82) is 0 Å². The van der Waals surface area contributed by atoms with E-state index >= 15 is 0 Å². The number of hydrogen-bond donors (Lipinski definition) is 2. The quantitative estimate of drug-likeness (QED) is 0.538. The van der Waals surface area contributed by atoms with Gasteiger partial charge in [-0.15, -0.1) is 11.3 Å². The highest BCUT2D eigenvalue weighted by molar-refractivity contribution is 7.19. The second-order valence-electron chi connectivity index (χ2n) is 7.17. The zero-order valence-electron chi connectivity index (χ0n) is 17.7. The van der Waals surface area contributed by atoms with E-state index in [0.29, 0.717) is 21.7 Å². The maximum absolute atomic E-state index is 13.0. The fourth-order valence-electron chi connectivity index (χ4n) is 2.91. The topological polar surface area (TPSA) is 97.4 Å². The van der Waals surface area contributed by atoms with E-state index in [9.17, 15) is 14.4 Å². The van der Waals surface area contributed by atoms with Gasteiger partial charge < -0.3 is 15.4 Å². The second-order valence-corrected chi connectivity index (χ2v) is 8.19. The number of nitrogens with one attached hydrogen (secondary N) is 2. The molecule has 0 saturated carbocycles. The van der Waals surface area contributed by atoms with Crippen LogP contribution in [0, 0.1) is 13.8 Å². The van der Waals surface area contributed by atoms with Crippen LogP contribution in [0.15, 0.2) is 48.8 Å². The molecule has 2 N–H and O–H groups in total. The summed E-state index contributed by atoms with van der Waals surface area (Å²) in [6, 6.07) is 10.5. The van der Waals surface area contributed by atoms with Crippen LogP contribution in [-0.2, 0) is 4.74 Å². The first-order valence-corrected chi connectivity index (χ1v) is 10.5. The number of benzene rings is 1. The maximum atomic E-state index is 13.0. The molecular weight excluding hydrogens is 414 g/mol. The summed E-state index contributed by atoms with van der Waals surface area (Å²) in [4.78, 5) is 42.6. The SMILES string of the molecule is Cc1ccccc1NC(=O)c1sc(NC(=O)c2ccncc2)c(C(=O)OC(C)C)c1C. The minimum atomic E-state index is -0.594. The van der Waals surface area contributed by atoms with Crippen LogP contribution in [0.5, 0.6) is 0 Å². The summed E-state index contributed by atoms with van der Waals surface area (Å²) in [5.74, 6) is -1.36. The van der Waals surface area contributed by atoms with Crippen LogP contribution < -0.4 is 10.6 Å². The molecule has 2 heterocycles. The van der Waals surface area contributed by atoms with Crippen molar-refractivity contribution >= 4 is 39.8 Å². The number of aromatic nitrogens is 1. The molecule has 0 spiro atoms. The Morgan fingerprint density at radius 1 is 0.968 bits per heavy atom. The molecular formula is C23H23N3O4S. The molecule has 0 aliphatic carbocycles. The number of para-hydroxylation sites is 1. The Bertz CT molecular complexity index is 1120. The number of nitrogens with zero attached hydrogens (tertiary/aromatic N) is 1. The summed E-state index contributed by atoms with van der Waals surface area (Å²) in [5, 5.41) is 5.88. The highest BCUT2D eigenvalue weighted by atomic mass is 32.1. The normalized spacial score (nSPS) is 10.6. The van der Waals surface area contributed by atoms with E-state index in [1.807, 2.05) is 25.1 Å². The van der Waals surface area contributed by atoms with E-state index in [2.05, 4.69) is 15.6 Å². The van der Waals surface area contributed by atoms with E-state index < -0.39 is 11.9 Å². The number of carbonyl (C=O) groups excluding carboxylic acids is 3. The monoisotopic (exact) mass is 437 g/mol. The lowest BCUT2D eigenvalue weighted by atomic mass is 10.1. The van der Waals surface area contributed by atoms with Crippen molar-refractivity contribution in [3.8, 4) is 0 Å². The minimum absolute atomic E-state index is 0.177. The first-order valence-electron chi connectivity index (χ1n) is 9.70. The number of carbonyl (C=O) groups is 3. The molecule has 2 aromatic heterocycles. The summed E-state index contributed by atoms with van der Waals surface area (Å²) in [5.41, 5.74) is 2.60. The van der Waals surface area contributed by atoms with E-state index in [4.69, 9.17) is 4.74 Å². The number of thiophene rings is 1. The van der Waals surface area contributed by atoms with Gasteiger partial charge in [0, 0.05) is 23.6 Å². The molecule has 3 aromatic rings. The first kappa shape index (κ1) is 22.2. The summed E-state index contributed by atoms with van der Waals surface area (Å²) >= 11 is 1.04. The molecule has 160 valence electrons. The Morgan fingerprint density at radius 3 is 2.29 bits per heavy atom. The van der Waals surface area contributed by atoms with Gasteiger partial charge >= 0.3 is 5.97 Å². The zero-order valence-corrected chi connectivity index (χ0v) is 18.5. The average Bonchev–Trinajstić information content (AvgIpc) is 3.05. The van der Waals surface area contributed by atoms with Crippen molar-refractivity contribution < 1.29 is 19.1 Å². The van der Waals surface area contributed by atoms with E-state index in [0.717, 1.165) is 16.9 Å². The predicted octanol–water partition coefficient (Wildman–Crippen LogP) is 4.83. The van der Waals surface area contributed by atoms with Gasteiger partial charge in [-0.1, -0.05) is 18.2 Å². The smallest absolute Gasteiger partial charge is 0.341 e. The molecule has 0 saturated heterocycles. The summed E-state index contributed by atoms with van der Waals surface area (Å²) in [6.45, 7) is 7.03. The molecule has 1 aromatic carbocycles. The molecule has 0 aliphatic rings. The fourth-order valence-corrected chi connectivity index (χ4v) is 3.99. The maximum Gasteiger partial charge on any atom is 0.341 e. The highest BCUT2D eigenvalue weighted by Gasteiger charge is 2.27. The molecule has 0 radical (unpaired) electrons. The number of amides is 2. The van der Waals surface area contributed by atoms with Crippen molar-refractivity contribution in [2.75, 3.05) is 10.6 Å². The number of aryl methyl sites for hydroxylation is 1. The van der Waals surface area contributed by atoms with Crippen molar-refractivity contribution in [3.05, 3.63) is 75.9 Å². The fraction of sp³-hybridized carbons (Fsp3) is 0.217. The van der Waals surface area contributed by atoms with Crippen LogP contribution >= 0.6 is 11.3 Å². The van der Waals surface area contributed by atoms with Crippen LogP contribution in [0.2, 0.25) is 0 Å². The Hall–Kier alpha value is -3.52. The Labute approximate surface area is 184 Å². The van der Waals surface area contributed by atoms with Crippen molar-refractivity contribution in [2.45, 2.75) is 33.8 Å². The molecule has 3 rings (SSSR count). The summed E-state index contributed by atoms with van der Waals surface area (Å²) < 4.78 is 5.35. The van der Waals surface area contributed by atoms with Gasteiger partial charge in [-0.2, -0.15) is 0 Å². The molecule has 0 fully saturated rings. The highest BCUT2D eigenvalue weighted by Crippen LogP contribution is 2.35. The van der Waals surface area contributed by atoms with Crippen molar-refractivity contribution in [1.82, 2.24) is 4.98 Å². The van der Waals surface area contributed by atoms with E-state index in [1.54, 1.807) is 39.0 Å². The number of anilines is 2. The van der Waals surface area contributed by atoms with Crippen molar-refractivity contribution in [3.63, 3.8) is 0 Å². The lowest BCUT2D eigenvalue weighted by molar-refractivity contribution is 0.0379. The van der Waals surface area contributed by atoms with Crippen LogP contribution in [0.25, 0.3) is 0 Å². The summed E-state index contributed by atoms with van der Waals surface area (Å²) in [6.07, 6.45) is 2.66. The second kappa shape index (κ2) is 9.53. The lowest BCUT2D eigenvalue weighted by Crippen LogP contribution is -2.17. The first-order chi connectivity index (χ1) is 14.8. The van der Waals surface area contributed by atoms with Crippen LogP contribution in [0.4, 0.5) is 10.7 Å². The largest absolute Gasteiger partial charge is 0.459 e. The minimum Gasteiger partial charge on any atom is -0.459 e. The number of pyridine rings is 1. The van der Waals surface area contributed by atoms with Crippen LogP contribution in [0.3, 0.4) is 0 Å². The molecule has 0 atom stereocenters. The van der Waals surface area contributed by atoms with Crippen LogP contribution in [0.1, 0.15) is 55.4 Å². The Morgan fingerprint density at radius 2 is 1.65 bits per heavy atom. The van der Waals surface area contributed by atoms with Crippen LogP contribution in [-0.4, -0.2) is 28.9 Å². The average molecular weight is 438 g/mol. The van der Waals surface area contributed by atoms with Gasteiger partial charge in [-0.05, 0) is 57.0 Å². The molecule has 0 unspecified atom stereocenters. The zero-order chi connectivity index (χ0) is 22.5.